The Morgan fingerprint density at radius 3 is 2.69 bits per heavy atom. The molecule has 2 atom stereocenters. The molecule has 1 heterocycles. The van der Waals surface area contributed by atoms with Gasteiger partial charge in [0.25, 0.3) is 0 Å². The third-order valence-corrected chi connectivity index (χ3v) is 3.11. The van der Waals surface area contributed by atoms with E-state index < -0.39 is 0 Å². The molecule has 3 nitrogen and oxygen atoms in total. The maximum Gasteiger partial charge on any atom is 0.0951 e. The van der Waals surface area contributed by atoms with Gasteiger partial charge in [-0.15, -0.1) is 0 Å². The zero-order chi connectivity index (χ0) is 12.0. The highest BCUT2D eigenvalue weighted by Crippen LogP contribution is 2.20. The summed E-state index contributed by atoms with van der Waals surface area (Å²) in [6.45, 7) is 6.50. The summed E-state index contributed by atoms with van der Waals surface area (Å²) in [5, 5.41) is 0. The molecule has 0 aliphatic heterocycles. The van der Waals surface area contributed by atoms with Crippen LogP contribution < -0.4 is 5.73 Å². The maximum absolute atomic E-state index is 5.91. The fraction of sp³-hybridized carbons (Fsp3) is 0.769. The molecule has 92 valence electrons. The lowest BCUT2D eigenvalue weighted by Crippen LogP contribution is -2.14. The third-order valence-electron chi connectivity index (χ3n) is 3.11. The monoisotopic (exact) mass is 223 g/mol. The van der Waals surface area contributed by atoms with Crippen molar-refractivity contribution in [3.63, 3.8) is 0 Å². The molecule has 1 aromatic rings. The summed E-state index contributed by atoms with van der Waals surface area (Å²) >= 11 is 0. The van der Waals surface area contributed by atoms with Gasteiger partial charge < -0.3 is 10.3 Å². The van der Waals surface area contributed by atoms with E-state index >= 15 is 0 Å². The van der Waals surface area contributed by atoms with E-state index in [0.29, 0.717) is 6.04 Å². The van der Waals surface area contributed by atoms with Crippen LogP contribution in [0, 0.1) is 0 Å². The minimum atomic E-state index is 0.0700. The number of unbranched alkanes of at least 4 members (excludes halogenated alkanes) is 3. The van der Waals surface area contributed by atoms with E-state index in [1.165, 1.54) is 32.1 Å². The fourth-order valence-corrected chi connectivity index (χ4v) is 2.04. The summed E-state index contributed by atoms with van der Waals surface area (Å²) in [7, 11) is 0. The molecule has 1 rings (SSSR count). The number of imidazole rings is 1. The van der Waals surface area contributed by atoms with Crippen LogP contribution in [0.3, 0.4) is 0 Å². The lowest BCUT2D eigenvalue weighted by molar-refractivity contribution is 0.453. The number of nitrogens with two attached hydrogens (primary N) is 1. The van der Waals surface area contributed by atoms with Crippen molar-refractivity contribution in [2.75, 3.05) is 0 Å². The fourth-order valence-electron chi connectivity index (χ4n) is 2.04. The molecule has 2 N–H and O–H groups in total. The number of nitrogens with zero attached hydrogens (tertiary/aromatic N) is 2. The van der Waals surface area contributed by atoms with Crippen molar-refractivity contribution in [2.24, 2.45) is 5.73 Å². The molecule has 0 aliphatic rings. The zero-order valence-corrected chi connectivity index (χ0v) is 10.8. The lowest BCUT2D eigenvalue weighted by Gasteiger charge is -2.18. The lowest BCUT2D eigenvalue weighted by atomic mass is 10.1. The van der Waals surface area contributed by atoms with E-state index in [2.05, 4.69) is 23.4 Å². The summed E-state index contributed by atoms with van der Waals surface area (Å²) in [4.78, 5) is 4.19. The second-order valence-electron chi connectivity index (χ2n) is 4.71. The van der Waals surface area contributed by atoms with Crippen LogP contribution in [-0.4, -0.2) is 9.55 Å². The molecule has 0 spiro atoms. The van der Waals surface area contributed by atoms with Gasteiger partial charge in [0.2, 0.25) is 0 Å². The van der Waals surface area contributed by atoms with Gasteiger partial charge in [-0.2, -0.15) is 0 Å². The first-order valence-corrected chi connectivity index (χ1v) is 6.44. The van der Waals surface area contributed by atoms with Crippen molar-refractivity contribution in [3.8, 4) is 0 Å². The van der Waals surface area contributed by atoms with Gasteiger partial charge in [0.05, 0.1) is 12.0 Å². The van der Waals surface area contributed by atoms with E-state index in [0.717, 1.165) is 5.69 Å². The molecular formula is C13H25N3. The van der Waals surface area contributed by atoms with E-state index in [4.69, 9.17) is 5.73 Å². The predicted molar refractivity (Wildman–Crippen MR) is 68.3 cm³/mol. The number of rotatable bonds is 7. The van der Waals surface area contributed by atoms with Crippen LogP contribution in [0.5, 0.6) is 0 Å². The van der Waals surface area contributed by atoms with Crippen LogP contribution in [0.25, 0.3) is 0 Å². The van der Waals surface area contributed by atoms with Crippen molar-refractivity contribution in [1.29, 1.82) is 0 Å². The van der Waals surface area contributed by atoms with Crippen LogP contribution in [0.15, 0.2) is 12.5 Å². The van der Waals surface area contributed by atoms with E-state index in [-0.39, 0.29) is 6.04 Å². The first-order valence-electron chi connectivity index (χ1n) is 6.44. The molecule has 0 aromatic carbocycles. The molecule has 2 unspecified atom stereocenters. The van der Waals surface area contributed by atoms with Crippen molar-refractivity contribution < 1.29 is 0 Å². The zero-order valence-electron chi connectivity index (χ0n) is 10.8. The second kappa shape index (κ2) is 6.69. The molecule has 16 heavy (non-hydrogen) atoms. The summed E-state index contributed by atoms with van der Waals surface area (Å²) < 4.78 is 2.22. The highest BCUT2D eigenvalue weighted by Gasteiger charge is 2.11. The van der Waals surface area contributed by atoms with Crippen molar-refractivity contribution in [3.05, 3.63) is 18.2 Å². The number of hydrogen-bond acceptors (Lipinski definition) is 2. The van der Waals surface area contributed by atoms with Crippen LogP contribution in [0.4, 0.5) is 0 Å². The Bertz CT molecular complexity index is 291. The highest BCUT2D eigenvalue weighted by atomic mass is 15.1. The molecule has 0 aliphatic carbocycles. The van der Waals surface area contributed by atoms with Gasteiger partial charge in [-0.05, 0) is 20.3 Å². The normalized spacial score (nSPS) is 15.0. The summed E-state index contributed by atoms with van der Waals surface area (Å²) in [6.07, 6.45) is 10.3. The minimum absolute atomic E-state index is 0.0700. The van der Waals surface area contributed by atoms with Crippen molar-refractivity contribution >= 4 is 0 Å². The first kappa shape index (κ1) is 13.2. The Morgan fingerprint density at radius 1 is 1.31 bits per heavy atom. The van der Waals surface area contributed by atoms with Crippen molar-refractivity contribution in [2.45, 2.75) is 65.0 Å². The van der Waals surface area contributed by atoms with Crippen LogP contribution in [-0.2, 0) is 0 Å². The van der Waals surface area contributed by atoms with Gasteiger partial charge in [-0.1, -0.05) is 32.6 Å². The van der Waals surface area contributed by atoms with Crippen LogP contribution in [0.2, 0.25) is 0 Å². The third kappa shape index (κ3) is 3.63. The minimum Gasteiger partial charge on any atom is -0.330 e. The van der Waals surface area contributed by atoms with E-state index in [1.807, 2.05) is 19.4 Å². The van der Waals surface area contributed by atoms with Gasteiger partial charge in [-0.3, -0.25) is 0 Å². The van der Waals surface area contributed by atoms with Crippen LogP contribution in [0.1, 0.15) is 70.7 Å². The van der Waals surface area contributed by atoms with Gasteiger partial charge in [0, 0.05) is 18.3 Å². The first-order chi connectivity index (χ1) is 7.66. The number of hydrogen-bond donors (Lipinski definition) is 1. The Kier molecular flexibility index (Phi) is 5.53. The Morgan fingerprint density at radius 2 is 2.06 bits per heavy atom. The van der Waals surface area contributed by atoms with Gasteiger partial charge in [0.1, 0.15) is 0 Å². The molecule has 0 bridgehead atoms. The van der Waals surface area contributed by atoms with Crippen LogP contribution >= 0.6 is 0 Å². The smallest absolute Gasteiger partial charge is 0.0951 e. The summed E-state index contributed by atoms with van der Waals surface area (Å²) in [6, 6.07) is 0.584. The molecule has 0 radical (unpaired) electrons. The number of aromatic nitrogens is 2. The molecular weight excluding hydrogens is 198 g/mol. The molecule has 0 amide bonds. The average Bonchev–Trinajstić information content (AvgIpc) is 2.73. The maximum atomic E-state index is 5.91. The standard InChI is InChI=1S/C13H25N3/c1-4-5-6-7-8-11(2)16-10-15-9-13(16)12(3)14/h9-12H,4-8,14H2,1-3H3. The SMILES string of the molecule is CCCCCCC(C)n1cncc1C(C)N. The Labute approximate surface area is 99.1 Å². The molecule has 0 fully saturated rings. The molecule has 0 saturated heterocycles. The Hall–Kier alpha value is -0.830. The topological polar surface area (TPSA) is 43.8 Å². The van der Waals surface area contributed by atoms with Gasteiger partial charge in [-0.25, -0.2) is 4.98 Å². The molecule has 3 heteroatoms. The van der Waals surface area contributed by atoms with Crippen molar-refractivity contribution in [1.82, 2.24) is 9.55 Å². The average molecular weight is 223 g/mol. The van der Waals surface area contributed by atoms with E-state index in [9.17, 15) is 0 Å². The van der Waals surface area contributed by atoms with Gasteiger partial charge in [0.15, 0.2) is 0 Å². The quantitative estimate of drug-likeness (QED) is 0.720. The second-order valence-corrected chi connectivity index (χ2v) is 4.71. The highest BCUT2D eigenvalue weighted by molar-refractivity contribution is 5.04. The molecule has 1 aromatic heterocycles. The van der Waals surface area contributed by atoms with E-state index in [1.54, 1.807) is 0 Å². The summed E-state index contributed by atoms with van der Waals surface area (Å²) in [5.74, 6) is 0. The molecule has 0 saturated carbocycles. The summed E-state index contributed by atoms with van der Waals surface area (Å²) in [5.41, 5.74) is 7.05. The Balaban J connectivity index is 2.46. The van der Waals surface area contributed by atoms with Gasteiger partial charge >= 0.3 is 0 Å². The largest absolute Gasteiger partial charge is 0.330 e. The predicted octanol–water partition coefficient (Wildman–Crippen LogP) is 3.43.